The molecule has 2 nitrogen and oxygen atoms in total. The number of benzene rings is 1. The van der Waals surface area contributed by atoms with Gasteiger partial charge in [-0.15, -0.1) is 11.8 Å². The molecule has 1 aromatic carbocycles. The molecule has 0 saturated heterocycles. The van der Waals surface area contributed by atoms with Gasteiger partial charge in [0.2, 0.25) is 5.91 Å². The molecule has 3 rings (SSSR count). The zero-order valence-corrected chi connectivity index (χ0v) is 10.3. The van der Waals surface area contributed by atoms with E-state index in [1.807, 2.05) is 18.2 Å². The number of amides is 1. The zero-order valence-electron chi connectivity index (χ0n) is 8.75. The molecule has 0 aromatic heterocycles. The van der Waals surface area contributed by atoms with Crippen LogP contribution < -0.4 is 5.32 Å². The minimum absolute atomic E-state index is 0.171. The number of anilines is 1. The van der Waals surface area contributed by atoms with Crippen molar-refractivity contribution < 1.29 is 4.79 Å². The Morgan fingerprint density at radius 3 is 2.81 bits per heavy atom. The maximum Gasteiger partial charge on any atom is 0.241 e. The van der Waals surface area contributed by atoms with Crippen molar-refractivity contribution in [3.05, 3.63) is 23.2 Å². The van der Waals surface area contributed by atoms with E-state index in [0.717, 1.165) is 41.3 Å². The summed E-state index contributed by atoms with van der Waals surface area (Å²) in [5.74, 6) is 0.171. The summed E-state index contributed by atoms with van der Waals surface area (Å²) in [5.41, 5.74) is 0.900. The summed E-state index contributed by atoms with van der Waals surface area (Å²) in [7, 11) is 0. The molecule has 1 saturated carbocycles. The first-order valence-corrected chi connectivity index (χ1v) is 6.69. The van der Waals surface area contributed by atoms with Gasteiger partial charge in [-0.05, 0) is 31.0 Å². The van der Waals surface area contributed by atoms with Crippen LogP contribution in [0.25, 0.3) is 0 Å². The average Bonchev–Trinajstić information content (AvgIpc) is 2.70. The van der Waals surface area contributed by atoms with Crippen LogP contribution in [0.5, 0.6) is 0 Å². The van der Waals surface area contributed by atoms with Gasteiger partial charge >= 0.3 is 0 Å². The van der Waals surface area contributed by atoms with Gasteiger partial charge in [0.25, 0.3) is 0 Å². The van der Waals surface area contributed by atoms with E-state index >= 15 is 0 Å². The van der Waals surface area contributed by atoms with Crippen LogP contribution >= 0.6 is 23.4 Å². The van der Waals surface area contributed by atoms with E-state index in [2.05, 4.69) is 5.32 Å². The average molecular weight is 254 g/mol. The molecule has 0 atom stereocenters. The third kappa shape index (κ3) is 1.54. The Labute approximate surface area is 104 Å². The molecular weight excluding hydrogens is 242 g/mol. The summed E-state index contributed by atoms with van der Waals surface area (Å²) in [4.78, 5) is 13.2. The third-order valence-corrected chi connectivity index (χ3v) is 5.10. The van der Waals surface area contributed by atoms with E-state index in [0.29, 0.717) is 0 Å². The molecule has 1 spiro atoms. The lowest BCUT2D eigenvalue weighted by molar-refractivity contribution is -0.118. The van der Waals surface area contributed by atoms with Crippen LogP contribution in [0, 0.1) is 0 Å². The van der Waals surface area contributed by atoms with Gasteiger partial charge in [-0.2, -0.15) is 0 Å². The summed E-state index contributed by atoms with van der Waals surface area (Å²) >= 11 is 7.67. The number of fused-ring (bicyclic) bond motifs is 1. The van der Waals surface area contributed by atoms with Crippen molar-refractivity contribution in [2.24, 2.45) is 0 Å². The predicted molar refractivity (Wildman–Crippen MR) is 67.1 cm³/mol. The standard InChI is InChI=1S/C12H12ClNOS/c13-8-3-4-9-10(7-8)16-12(11(15)14-9)5-1-2-6-12/h3-4,7H,1-2,5-6H2,(H,14,15). The monoisotopic (exact) mass is 253 g/mol. The van der Waals surface area contributed by atoms with Crippen LogP contribution in [0.1, 0.15) is 25.7 Å². The van der Waals surface area contributed by atoms with Gasteiger partial charge in [-0.3, -0.25) is 4.79 Å². The Morgan fingerprint density at radius 1 is 1.31 bits per heavy atom. The van der Waals surface area contributed by atoms with E-state index in [4.69, 9.17) is 11.6 Å². The summed E-state index contributed by atoms with van der Waals surface area (Å²) in [6, 6.07) is 5.64. The van der Waals surface area contributed by atoms with Gasteiger partial charge in [0.1, 0.15) is 0 Å². The molecule has 1 amide bonds. The summed E-state index contributed by atoms with van der Waals surface area (Å²) in [6.07, 6.45) is 4.26. The molecule has 0 radical (unpaired) electrons. The number of carbonyl (C=O) groups excluding carboxylic acids is 1. The Hall–Kier alpha value is -0.670. The van der Waals surface area contributed by atoms with Gasteiger partial charge in [-0.25, -0.2) is 0 Å². The van der Waals surface area contributed by atoms with Crippen molar-refractivity contribution in [3.8, 4) is 0 Å². The molecule has 0 bridgehead atoms. The van der Waals surface area contributed by atoms with E-state index < -0.39 is 0 Å². The highest BCUT2D eigenvalue weighted by atomic mass is 35.5. The predicted octanol–water partition coefficient (Wildman–Crippen LogP) is 3.70. The van der Waals surface area contributed by atoms with Crippen LogP contribution in [-0.4, -0.2) is 10.7 Å². The SMILES string of the molecule is O=C1Nc2ccc(Cl)cc2SC12CCCC2. The van der Waals surface area contributed by atoms with Crippen molar-refractivity contribution in [1.82, 2.24) is 0 Å². The summed E-state index contributed by atoms with van der Waals surface area (Å²) in [6.45, 7) is 0. The highest BCUT2D eigenvalue weighted by Gasteiger charge is 2.45. The molecular formula is C12H12ClNOS. The normalized spacial score (nSPS) is 21.9. The van der Waals surface area contributed by atoms with E-state index in [-0.39, 0.29) is 10.7 Å². The Kier molecular flexibility index (Phi) is 2.41. The Bertz CT molecular complexity index is 454. The second kappa shape index (κ2) is 3.67. The molecule has 1 aliphatic carbocycles. The fraction of sp³-hybridized carbons (Fsp3) is 0.417. The molecule has 0 unspecified atom stereocenters. The molecule has 1 N–H and O–H groups in total. The zero-order chi connectivity index (χ0) is 11.2. The van der Waals surface area contributed by atoms with Gasteiger partial charge < -0.3 is 5.32 Å². The largest absolute Gasteiger partial charge is 0.324 e. The molecule has 4 heteroatoms. The highest BCUT2D eigenvalue weighted by Crippen LogP contribution is 2.51. The molecule has 1 aromatic rings. The van der Waals surface area contributed by atoms with E-state index in [1.54, 1.807) is 11.8 Å². The van der Waals surface area contributed by atoms with Crippen molar-refractivity contribution in [2.45, 2.75) is 35.3 Å². The van der Waals surface area contributed by atoms with Crippen LogP contribution in [0.2, 0.25) is 5.02 Å². The van der Waals surface area contributed by atoms with Crippen LogP contribution in [-0.2, 0) is 4.79 Å². The van der Waals surface area contributed by atoms with Gasteiger partial charge in [0.05, 0.1) is 10.4 Å². The first kappa shape index (κ1) is 10.5. The second-order valence-electron chi connectivity index (χ2n) is 4.40. The first-order valence-electron chi connectivity index (χ1n) is 5.50. The summed E-state index contributed by atoms with van der Waals surface area (Å²) in [5, 5.41) is 3.73. The summed E-state index contributed by atoms with van der Waals surface area (Å²) < 4.78 is -0.225. The van der Waals surface area contributed by atoms with Crippen molar-refractivity contribution in [3.63, 3.8) is 0 Å². The second-order valence-corrected chi connectivity index (χ2v) is 6.26. The van der Waals surface area contributed by atoms with E-state index in [9.17, 15) is 4.79 Å². The number of thioether (sulfide) groups is 1. The number of halogens is 1. The number of hydrogen-bond acceptors (Lipinski definition) is 2. The van der Waals surface area contributed by atoms with E-state index in [1.165, 1.54) is 0 Å². The minimum Gasteiger partial charge on any atom is -0.324 e. The molecule has 2 aliphatic rings. The third-order valence-electron chi connectivity index (χ3n) is 3.32. The van der Waals surface area contributed by atoms with Crippen LogP contribution in [0.3, 0.4) is 0 Å². The molecule has 1 fully saturated rings. The van der Waals surface area contributed by atoms with Gasteiger partial charge in [0, 0.05) is 9.92 Å². The fourth-order valence-electron chi connectivity index (χ4n) is 2.45. The lowest BCUT2D eigenvalue weighted by Crippen LogP contribution is -2.40. The molecule has 1 heterocycles. The number of carbonyl (C=O) groups is 1. The van der Waals surface area contributed by atoms with Crippen molar-refractivity contribution >= 4 is 35.0 Å². The minimum atomic E-state index is -0.225. The molecule has 84 valence electrons. The Balaban J connectivity index is 2.02. The fourth-order valence-corrected chi connectivity index (χ4v) is 4.16. The quantitative estimate of drug-likeness (QED) is 0.764. The topological polar surface area (TPSA) is 29.1 Å². The molecule has 16 heavy (non-hydrogen) atoms. The van der Waals surface area contributed by atoms with Crippen LogP contribution in [0.4, 0.5) is 5.69 Å². The lowest BCUT2D eigenvalue weighted by Gasteiger charge is -2.32. The number of hydrogen-bond donors (Lipinski definition) is 1. The number of nitrogens with one attached hydrogen (secondary N) is 1. The highest BCUT2D eigenvalue weighted by molar-refractivity contribution is 8.01. The van der Waals surface area contributed by atoms with Gasteiger partial charge in [-0.1, -0.05) is 24.4 Å². The van der Waals surface area contributed by atoms with Crippen LogP contribution in [0.15, 0.2) is 23.1 Å². The van der Waals surface area contributed by atoms with Gasteiger partial charge in [0.15, 0.2) is 0 Å². The number of rotatable bonds is 0. The first-order chi connectivity index (χ1) is 7.70. The van der Waals surface area contributed by atoms with Crippen molar-refractivity contribution in [1.29, 1.82) is 0 Å². The lowest BCUT2D eigenvalue weighted by atomic mass is 10.1. The maximum atomic E-state index is 12.1. The van der Waals surface area contributed by atoms with Crippen molar-refractivity contribution in [2.75, 3.05) is 5.32 Å². The maximum absolute atomic E-state index is 12.1. The Morgan fingerprint density at radius 2 is 2.06 bits per heavy atom. The molecule has 1 aliphatic heterocycles. The smallest absolute Gasteiger partial charge is 0.241 e.